The molecule has 1 saturated heterocycles. The van der Waals surface area contributed by atoms with E-state index in [-0.39, 0.29) is 25.5 Å². The molecule has 166 valence electrons. The summed E-state index contributed by atoms with van der Waals surface area (Å²) in [7, 11) is 0. The number of aromatic hydroxyl groups is 1. The highest BCUT2D eigenvalue weighted by atomic mass is 127. The number of rotatable bonds is 7. The Kier molecular flexibility index (Phi) is 7.35. The summed E-state index contributed by atoms with van der Waals surface area (Å²) in [5, 5.41) is 23.2. The largest absolute Gasteiger partial charge is 0.506 e. The molecule has 1 aliphatic heterocycles. The molecule has 0 unspecified atom stereocenters. The van der Waals surface area contributed by atoms with Gasteiger partial charge in [0.2, 0.25) is 5.91 Å². The maximum absolute atomic E-state index is 12.6. The minimum Gasteiger partial charge on any atom is -0.506 e. The lowest BCUT2D eigenvalue weighted by atomic mass is 10.1. The third-order valence-corrected chi connectivity index (χ3v) is 5.93. The Hall–Kier alpha value is -3.13. The summed E-state index contributed by atoms with van der Waals surface area (Å²) in [5.74, 6) is -0.926. The number of non-ortho nitro benzene ring substituents is 1. The first-order valence-electron chi connectivity index (χ1n) is 9.14. The zero-order valence-corrected chi connectivity index (χ0v) is 19.5. The zero-order valence-electron chi connectivity index (χ0n) is 16.5. The second-order valence-corrected chi connectivity index (χ2v) is 8.55. The summed E-state index contributed by atoms with van der Waals surface area (Å²) in [4.78, 5) is 48.4. The SMILES string of the molecule is CCOc1ccc(NC(=O)CN2C(=O)S/C(=C/c3cc([N+](=O)[O-])cc(I)c3O)C2=O)cc1. The topological polar surface area (TPSA) is 139 Å². The van der Waals surface area contributed by atoms with E-state index in [1.165, 1.54) is 12.1 Å². The molecule has 0 aromatic heterocycles. The number of amides is 3. The van der Waals surface area contributed by atoms with Gasteiger partial charge in [0.1, 0.15) is 18.0 Å². The number of benzene rings is 2. The number of ether oxygens (including phenoxy) is 1. The van der Waals surface area contributed by atoms with Gasteiger partial charge in [-0.25, -0.2) is 0 Å². The normalized spacial score (nSPS) is 14.7. The molecule has 3 amide bonds. The van der Waals surface area contributed by atoms with Gasteiger partial charge >= 0.3 is 0 Å². The summed E-state index contributed by atoms with van der Waals surface area (Å²) < 4.78 is 5.54. The third kappa shape index (κ3) is 5.37. The molecule has 12 heteroatoms. The van der Waals surface area contributed by atoms with Gasteiger partial charge in [-0.05, 0) is 71.6 Å². The van der Waals surface area contributed by atoms with Crippen molar-refractivity contribution in [3.8, 4) is 11.5 Å². The van der Waals surface area contributed by atoms with E-state index < -0.39 is 28.5 Å². The van der Waals surface area contributed by atoms with Crippen LogP contribution in [0.1, 0.15) is 12.5 Å². The van der Waals surface area contributed by atoms with Crippen LogP contribution >= 0.6 is 34.4 Å². The number of carbonyl (C=O) groups excluding carboxylic acids is 3. The Morgan fingerprint density at radius 2 is 2.00 bits per heavy atom. The number of nitrogens with one attached hydrogen (secondary N) is 1. The molecule has 32 heavy (non-hydrogen) atoms. The van der Waals surface area contributed by atoms with Gasteiger partial charge < -0.3 is 15.2 Å². The van der Waals surface area contributed by atoms with Crippen molar-refractivity contribution in [1.82, 2.24) is 4.90 Å². The van der Waals surface area contributed by atoms with Crippen LogP contribution in [0.3, 0.4) is 0 Å². The number of nitro benzene ring substituents is 1. The number of hydrogen-bond acceptors (Lipinski definition) is 8. The monoisotopic (exact) mass is 569 g/mol. The molecule has 0 bridgehead atoms. The van der Waals surface area contributed by atoms with Gasteiger partial charge in [-0.1, -0.05) is 0 Å². The lowest BCUT2D eigenvalue weighted by Gasteiger charge is -2.12. The van der Waals surface area contributed by atoms with Crippen LogP contribution in [0, 0.1) is 13.7 Å². The van der Waals surface area contributed by atoms with Crippen LogP contribution < -0.4 is 10.1 Å². The third-order valence-electron chi connectivity index (χ3n) is 4.20. The van der Waals surface area contributed by atoms with Gasteiger partial charge in [-0.3, -0.25) is 29.4 Å². The summed E-state index contributed by atoms with van der Waals surface area (Å²) in [6, 6.07) is 8.89. The Bertz CT molecular complexity index is 1130. The van der Waals surface area contributed by atoms with E-state index in [1.54, 1.807) is 46.9 Å². The molecule has 2 aromatic rings. The van der Waals surface area contributed by atoms with Crippen molar-refractivity contribution < 1.29 is 29.2 Å². The van der Waals surface area contributed by atoms with Crippen molar-refractivity contribution in [3.63, 3.8) is 0 Å². The lowest BCUT2D eigenvalue weighted by molar-refractivity contribution is -0.385. The lowest BCUT2D eigenvalue weighted by Crippen LogP contribution is -2.36. The van der Waals surface area contributed by atoms with E-state index >= 15 is 0 Å². The predicted molar refractivity (Wildman–Crippen MR) is 126 cm³/mol. The summed E-state index contributed by atoms with van der Waals surface area (Å²) >= 11 is 2.31. The molecule has 0 spiro atoms. The fourth-order valence-corrected chi connectivity index (χ4v) is 4.20. The van der Waals surface area contributed by atoms with Gasteiger partial charge in [0.05, 0.1) is 20.0 Å². The van der Waals surface area contributed by atoms with Crippen LogP contribution in [-0.2, 0) is 9.59 Å². The average Bonchev–Trinajstić information content (AvgIpc) is 3.00. The van der Waals surface area contributed by atoms with E-state index in [1.807, 2.05) is 6.92 Å². The van der Waals surface area contributed by atoms with Crippen molar-refractivity contribution >= 4 is 68.9 Å². The first kappa shape index (κ1) is 23.5. The molecule has 0 radical (unpaired) electrons. The van der Waals surface area contributed by atoms with Crippen LogP contribution in [0.5, 0.6) is 11.5 Å². The maximum atomic E-state index is 12.6. The number of phenolic OH excluding ortho intramolecular Hbond substituents is 1. The molecule has 0 atom stereocenters. The van der Waals surface area contributed by atoms with E-state index in [9.17, 15) is 29.6 Å². The van der Waals surface area contributed by atoms with Gasteiger partial charge in [0.25, 0.3) is 16.8 Å². The Balaban J connectivity index is 1.73. The molecule has 1 fully saturated rings. The fraction of sp³-hybridized carbons (Fsp3) is 0.150. The van der Waals surface area contributed by atoms with Gasteiger partial charge in [-0.15, -0.1) is 0 Å². The smallest absolute Gasteiger partial charge is 0.294 e. The molecule has 10 nitrogen and oxygen atoms in total. The molecule has 2 aromatic carbocycles. The molecular formula is C20H16IN3O7S. The summed E-state index contributed by atoms with van der Waals surface area (Å²) in [6.45, 7) is 1.85. The van der Waals surface area contributed by atoms with Crippen LogP contribution in [0.15, 0.2) is 41.3 Å². The highest BCUT2D eigenvalue weighted by Gasteiger charge is 2.36. The maximum Gasteiger partial charge on any atom is 0.294 e. The number of hydrogen-bond donors (Lipinski definition) is 2. The number of thioether (sulfide) groups is 1. The van der Waals surface area contributed by atoms with Crippen LogP contribution in [0.25, 0.3) is 6.08 Å². The Labute approximate surface area is 199 Å². The standard InChI is InChI=1S/C20H16IN3O7S/c1-2-31-14-5-3-12(4-6-14)22-17(25)10-23-19(27)16(32-20(23)28)8-11-7-13(24(29)30)9-15(21)18(11)26/h3-9,26H,2,10H2,1H3,(H,22,25)/b16-8+. The van der Waals surface area contributed by atoms with Crippen molar-refractivity contribution in [3.05, 3.63) is 60.6 Å². The Morgan fingerprint density at radius 1 is 1.31 bits per heavy atom. The number of imide groups is 1. The minimum atomic E-state index is -0.734. The highest BCUT2D eigenvalue weighted by molar-refractivity contribution is 14.1. The van der Waals surface area contributed by atoms with Crippen molar-refractivity contribution in [2.75, 3.05) is 18.5 Å². The molecule has 0 aliphatic carbocycles. The van der Waals surface area contributed by atoms with Gasteiger partial charge in [0.15, 0.2) is 0 Å². The van der Waals surface area contributed by atoms with E-state index in [0.29, 0.717) is 29.8 Å². The quantitative estimate of drug-likeness (QED) is 0.221. The average molecular weight is 569 g/mol. The number of nitrogens with zero attached hydrogens (tertiary/aromatic N) is 2. The zero-order chi connectivity index (χ0) is 23.4. The minimum absolute atomic E-state index is 0.0212. The van der Waals surface area contributed by atoms with E-state index in [0.717, 1.165) is 11.0 Å². The number of halogens is 1. The van der Waals surface area contributed by atoms with Gasteiger partial charge in [0, 0.05) is 23.4 Å². The van der Waals surface area contributed by atoms with Crippen LogP contribution in [0.4, 0.5) is 16.2 Å². The van der Waals surface area contributed by atoms with Crippen LogP contribution in [-0.4, -0.2) is 45.1 Å². The Morgan fingerprint density at radius 3 is 2.62 bits per heavy atom. The van der Waals surface area contributed by atoms with Crippen LogP contribution in [0.2, 0.25) is 0 Å². The number of carbonyl (C=O) groups is 3. The number of nitro groups is 1. The first-order chi connectivity index (χ1) is 15.2. The summed E-state index contributed by atoms with van der Waals surface area (Å²) in [5.41, 5.74) is 0.220. The van der Waals surface area contributed by atoms with Gasteiger partial charge in [-0.2, -0.15) is 0 Å². The van der Waals surface area contributed by atoms with Crippen molar-refractivity contribution in [2.45, 2.75) is 6.92 Å². The van der Waals surface area contributed by atoms with Crippen molar-refractivity contribution in [2.24, 2.45) is 0 Å². The molecule has 3 rings (SSSR count). The van der Waals surface area contributed by atoms with Crippen molar-refractivity contribution in [1.29, 1.82) is 0 Å². The number of phenols is 1. The molecule has 1 heterocycles. The highest BCUT2D eigenvalue weighted by Crippen LogP contribution is 2.36. The van der Waals surface area contributed by atoms with E-state index in [4.69, 9.17) is 4.74 Å². The second-order valence-electron chi connectivity index (χ2n) is 6.40. The molecule has 0 saturated carbocycles. The fourth-order valence-electron chi connectivity index (χ4n) is 2.74. The summed E-state index contributed by atoms with van der Waals surface area (Å²) in [6.07, 6.45) is 1.19. The predicted octanol–water partition coefficient (Wildman–Crippen LogP) is 3.98. The molecule has 1 aliphatic rings. The molecular weight excluding hydrogens is 553 g/mol. The first-order valence-corrected chi connectivity index (χ1v) is 11.0. The second kappa shape index (κ2) is 9.99. The number of anilines is 1. The molecule has 2 N–H and O–H groups in total. The van der Waals surface area contributed by atoms with E-state index in [2.05, 4.69) is 5.32 Å².